The molecule has 126 valence electrons. The fourth-order valence-electron chi connectivity index (χ4n) is 2.92. The minimum Gasteiger partial charge on any atom is -0.438 e. The topological polar surface area (TPSA) is 78.7 Å². The van der Waals surface area contributed by atoms with Crippen molar-refractivity contribution in [2.75, 3.05) is 26.7 Å². The molecule has 1 N–H and O–H groups in total. The summed E-state index contributed by atoms with van der Waals surface area (Å²) in [6.45, 7) is 2.39. The summed E-state index contributed by atoms with van der Waals surface area (Å²) < 4.78 is 5.09. The van der Waals surface area contributed by atoms with E-state index in [2.05, 4.69) is 27.3 Å². The van der Waals surface area contributed by atoms with E-state index in [1.165, 1.54) is 18.2 Å². The first kappa shape index (κ1) is 16.2. The maximum atomic E-state index is 12.6. The van der Waals surface area contributed by atoms with Gasteiger partial charge >= 0.3 is 0 Å². The van der Waals surface area contributed by atoms with Gasteiger partial charge in [0.15, 0.2) is 6.39 Å². The van der Waals surface area contributed by atoms with Crippen LogP contribution in [0.15, 0.2) is 47.3 Å². The third-order valence-electron chi connectivity index (χ3n) is 4.17. The summed E-state index contributed by atoms with van der Waals surface area (Å²) in [6.07, 6.45) is 2.59. The molecule has 24 heavy (non-hydrogen) atoms. The molecule has 1 unspecified atom stereocenters. The number of amides is 2. The SMILES string of the molecule is CNC(=O)C1CN(Cc2ccccc2)CCN1C(=O)c1cnco1. The van der Waals surface area contributed by atoms with Gasteiger partial charge in [-0.2, -0.15) is 0 Å². The molecule has 0 radical (unpaired) electrons. The van der Waals surface area contributed by atoms with Crippen LogP contribution in [-0.4, -0.2) is 59.3 Å². The summed E-state index contributed by atoms with van der Waals surface area (Å²) in [5.74, 6) is -0.332. The predicted molar refractivity (Wildman–Crippen MR) is 87.1 cm³/mol. The molecule has 7 nitrogen and oxygen atoms in total. The van der Waals surface area contributed by atoms with Gasteiger partial charge in [0, 0.05) is 33.2 Å². The number of nitrogens with zero attached hydrogens (tertiary/aromatic N) is 3. The van der Waals surface area contributed by atoms with Gasteiger partial charge in [0.25, 0.3) is 5.91 Å². The number of hydrogen-bond acceptors (Lipinski definition) is 5. The second-order valence-corrected chi connectivity index (χ2v) is 5.71. The van der Waals surface area contributed by atoms with E-state index >= 15 is 0 Å². The molecule has 1 saturated heterocycles. The summed E-state index contributed by atoms with van der Waals surface area (Å²) in [7, 11) is 1.58. The van der Waals surface area contributed by atoms with E-state index in [0.29, 0.717) is 19.6 Å². The minimum absolute atomic E-state index is 0.153. The van der Waals surface area contributed by atoms with E-state index in [4.69, 9.17) is 4.42 Å². The first-order valence-corrected chi connectivity index (χ1v) is 7.86. The average molecular weight is 328 g/mol. The van der Waals surface area contributed by atoms with Crippen LogP contribution in [0, 0.1) is 0 Å². The van der Waals surface area contributed by atoms with Crippen molar-refractivity contribution in [3.63, 3.8) is 0 Å². The van der Waals surface area contributed by atoms with Crippen molar-refractivity contribution in [3.8, 4) is 0 Å². The van der Waals surface area contributed by atoms with Crippen LogP contribution >= 0.6 is 0 Å². The molecular weight excluding hydrogens is 308 g/mol. The van der Waals surface area contributed by atoms with Gasteiger partial charge in [-0.1, -0.05) is 30.3 Å². The van der Waals surface area contributed by atoms with E-state index in [0.717, 1.165) is 6.54 Å². The molecule has 1 aliphatic heterocycles. The fraction of sp³-hybridized carbons (Fsp3) is 0.353. The molecule has 1 aromatic heterocycles. The maximum absolute atomic E-state index is 12.6. The largest absolute Gasteiger partial charge is 0.438 e. The third kappa shape index (κ3) is 3.46. The van der Waals surface area contributed by atoms with Gasteiger partial charge in [-0.3, -0.25) is 14.5 Å². The summed E-state index contributed by atoms with van der Waals surface area (Å²) in [4.78, 5) is 32.3. The Morgan fingerprint density at radius 1 is 1.29 bits per heavy atom. The van der Waals surface area contributed by atoms with Gasteiger partial charge in [0.05, 0.1) is 6.20 Å². The monoisotopic (exact) mass is 328 g/mol. The molecule has 0 bridgehead atoms. The number of nitrogens with one attached hydrogen (secondary N) is 1. The van der Waals surface area contributed by atoms with Crippen molar-refractivity contribution in [2.24, 2.45) is 0 Å². The van der Waals surface area contributed by atoms with Crippen LogP contribution in [0.3, 0.4) is 0 Å². The minimum atomic E-state index is -0.551. The standard InChI is InChI=1S/C17H20N4O3/c1-18-16(22)14-11-20(10-13-5-3-2-4-6-13)7-8-21(14)17(23)15-9-19-12-24-15/h2-6,9,12,14H,7-8,10-11H2,1H3,(H,18,22). The van der Waals surface area contributed by atoms with Crippen molar-refractivity contribution in [2.45, 2.75) is 12.6 Å². The number of aromatic nitrogens is 1. The molecule has 0 saturated carbocycles. The quantitative estimate of drug-likeness (QED) is 0.896. The normalized spacial score (nSPS) is 18.4. The van der Waals surface area contributed by atoms with Crippen molar-refractivity contribution < 1.29 is 14.0 Å². The Morgan fingerprint density at radius 2 is 2.08 bits per heavy atom. The van der Waals surface area contributed by atoms with E-state index in [1.807, 2.05) is 18.2 Å². The number of benzene rings is 1. The average Bonchev–Trinajstić information content (AvgIpc) is 3.16. The predicted octanol–water partition coefficient (Wildman–Crippen LogP) is 0.747. The molecule has 0 aliphatic carbocycles. The zero-order chi connectivity index (χ0) is 16.9. The zero-order valence-electron chi connectivity index (χ0n) is 13.5. The zero-order valence-corrected chi connectivity index (χ0v) is 13.5. The van der Waals surface area contributed by atoms with Crippen LogP contribution in [0.25, 0.3) is 0 Å². The van der Waals surface area contributed by atoms with E-state index in [9.17, 15) is 9.59 Å². The second-order valence-electron chi connectivity index (χ2n) is 5.71. The molecule has 1 aromatic carbocycles. The smallest absolute Gasteiger partial charge is 0.292 e. The Hall–Kier alpha value is -2.67. The lowest BCUT2D eigenvalue weighted by atomic mass is 10.1. The highest BCUT2D eigenvalue weighted by atomic mass is 16.3. The molecule has 1 fully saturated rings. The first-order valence-electron chi connectivity index (χ1n) is 7.86. The Balaban J connectivity index is 1.73. The number of carbonyl (C=O) groups excluding carboxylic acids is 2. The molecule has 1 atom stereocenters. The molecule has 0 spiro atoms. The number of piperazine rings is 1. The van der Waals surface area contributed by atoms with Gasteiger partial charge in [-0.15, -0.1) is 0 Å². The Kier molecular flexibility index (Phi) is 4.90. The Morgan fingerprint density at radius 3 is 2.75 bits per heavy atom. The van der Waals surface area contributed by atoms with Gasteiger partial charge in [-0.25, -0.2) is 4.98 Å². The first-order chi connectivity index (χ1) is 11.7. The lowest BCUT2D eigenvalue weighted by molar-refractivity contribution is -0.127. The lowest BCUT2D eigenvalue weighted by Crippen LogP contribution is -2.60. The number of likely N-dealkylation sites (N-methyl/N-ethyl adjacent to an activating group) is 1. The van der Waals surface area contributed by atoms with E-state index < -0.39 is 6.04 Å². The molecular formula is C17H20N4O3. The Bertz CT molecular complexity index is 687. The summed E-state index contributed by atoms with van der Waals surface area (Å²) >= 11 is 0. The number of hydrogen-bond donors (Lipinski definition) is 1. The second kappa shape index (κ2) is 7.27. The molecule has 7 heteroatoms. The number of carbonyl (C=O) groups is 2. The van der Waals surface area contributed by atoms with Crippen LogP contribution < -0.4 is 5.32 Å². The molecule has 2 aromatic rings. The van der Waals surface area contributed by atoms with Crippen LogP contribution in [0.1, 0.15) is 16.1 Å². The summed E-state index contributed by atoms with van der Waals surface area (Å²) in [6, 6.07) is 9.53. The van der Waals surface area contributed by atoms with Crippen LogP contribution in [-0.2, 0) is 11.3 Å². The van der Waals surface area contributed by atoms with Crippen LogP contribution in [0.2, 0.25) is 0 Å². The van der Waals surface area contributed by atoms with Gasteiger partial charge < -0.3 is 14.6 Å². The highest BCUT2D eigenvalue weighted by Crippen LogP contribution is 2.16. The maximum Gasteiger partial charge on any atom is 0.292 e. The third-order valence-corrected chi connectivity index (χ3v) is 4.17. The summed E-state index contributed by atoms with van der Waals surface area (Å²) in [5.41, 5.74) is 1.18. The molecule has 1 aliphatic rings. The van der Waals surface area contributed by atoms with Crippen molar-refractivity contribution >= 4 is 11.8 Å². The van der Waals surface area contributed by atoms with Gasteiger partial charge in [-0.05, 0) is 5.56 Å². The lowest BCUT2D eigenvalue weighted by Gasteiger charge is -2.40. The molecule has 3 rings (SSSR count). The van der Waals surface area contributed by atoms with Crippen LogP contribution in [0.5, 0.6) is 0 Å². The fourth-order valence-corrected chi connectivity index (χ4v) is 2.92. The molecule has 2 heterocycles. The number of oxazole rings is 1. The highest BCUT2D eigenvalue weighted by Gasteiger charge is 2.36. The number of rotatable bonds is 4. The molecule has 2 amide bonds. The van der Waals surface area contributed by atoms with Crippen molar-refractivity contribution in [1.29, 1.82) is 0 Å². The van der Waals surface area contributed by atoms with E-state index in [-0.39, 0.29) is 17.6 Å². The summed E-state index contributed by atoms with van der Waals surface area (Å²) in [5, 5.41) is 2.64. The highest BCUT2D eigenvalue weighted by molar-refractivity contribution is 5.95. The van der Waals surface area contributed by atoms with Gasteiger partial charge in [0.2, 0.25) is 11.7 Å². The van der Waals surface area contributed by atoms with Crippen molar-refractivity contribution in [3.05, 3.63) is 54.2 Å². The van der Waals surface area contributed by atoms with Crippen molar-refractivity contribution in [1.82, 2.24) is 20.1 Å². The van der Waals surface area contributed by atoms with Crippen LogP contribution in [0.4, 0.5) is 0 Å². The Labute approximate surface area is 140 Å². The van der Waals surface area contributed by atoms with Gasteiger partial charge in [0.1, 0.15) is 6.04 Å². The van der Waals surface area contributed by atoms with E-state index in [1.54, 1.807) is 11.9 Å².